The zero-order valence-electron chi connectivity index (χ0n) is 20.4. The lowest BCUT2D eigenvalue weighted by molar-refractivity contribution is 0.588. The van der Waals surface area contributed by atoms with Crippen molar-refractivity contribution < 1.29 is 0 Å². The molecular formula is C35H20. The van der Waals surface area contributed by atoms with E-state index in [1.807, 2.05) is 6.08 Å². The second kappa shape index (κ2) is 12.6. The Balaban J connectivity index is 3.02. The van der Waals surface area contributed by atoms with E-state index >= 15 is 0 Å². The van der Waals surface area contributed by atoms with Crippen LogP contribution in [0.15, 0.2) is 12.1 Å². The predicted octanol–water partition coefficient (Wildman–Crippen LogP) is 4.49. The minimum absolute atomic E-state index is 0.238. The van der Waals surface area contributed by atoms with Crippen molar-refractivity contribution in [3.8, 4) is 119 Å². The lowest BCUT2D eigenvalue weighted by Gasteiger charge is -2.24. The van der Waals surface area contributed by atoms with Crippen LogP contribution in [-0.2, 0) is 5.41 Å². The maximum Gasteiger partial charge on any atom is 0.0677 e. The van der Waals surface area contributed by atoms with Gasteiger partial charge in [0.25, 0.3) is 0 Å². The van der Waals surface area contributed by atoms with E-state index in [0.29, 0.717) is 0 Å². The summed E-state index contributed by atoms with van der Waals surface area (Å²) < 4.78 is 0. The van der Waals surface area contributed by atoms with Gasteiger partial charge in [0.05, 0.1) is 5.92 Å². The predicted molar refractivity (Wildman–Crippen MR) is 145 cm³/mol. The Hall–Kier alpha value is -5.44. The van der Waals surface area contributed by atoms with Gasteiger partial charge >= 0.3 is 0 Å². The number of fused-ring (bicyclic) bond motifs is 1. The summed E-state index contributed by atoms with van der Waals surface area (Å²) in [6, 6.07) is 2.10. The molecule has 0 amide bonds. The van der Waals surface area contributed by atoms with Crippen LogP contribution in [0.25, 0.3) is 5.57 Å². The second-order valence-electron chi connectivity index (χ2n) is 8.00. The van der Waals surface area contributed by atoms with Crippen molar-refractivity contribution in [2.75, 3.05) is 0 Å². The monoisotopic (exact) mass is 440 g/mol. The fraction of sp³-hybridized carbons (Fsp3) is 0.200. The Morgan fingerprint density at radius 3 is 1.94 bits per heavy atom. The number of benzene rings is 1. The molecular weight excluding hydrogens is 420 g/mol. The summed E-state index contributed by atoms with van der Waals surface area (Å²) in [5.74, 6) is 50.1. The van der Waals surface area contributed by atoms with Gasteiger partial charge in [-0.2, -0.15) is 0 Å². The summed E-state index contributed by atoms with van der Waals surface area (Å²) in [4.78, 5) is 0. The van der Waals surface area contributed by atoms with Gasteiger partial charge in [-0.3, -0.25) is 0 Å². The van der Waals surface area contributed by atoms with Gasteiger partial charge < -0.3 is 0 Å². The first-order chi connectivity index (χ1) is 16.9. The third-order valence-electron chi connectivity index (χ3n) is 4.68. The summed E-state index contributed by atoms with van der Waals surface area (Å²) in [5.41, 5.74) is 4.89. The molecule has 0 bridgehead atoms. The Labute approximate surface area is 210 Å². The van der Waals surface area contributed by atoms with Crippen LogP contribution in [0.1, 0.15) is 68.4 Å². The van der Waals surface area contributed by atoms with Crippen molar-refractivity contribution in [1.82, 2.24) is 0 Å². The molecule has 0 saturated heterocycles. The molecule has 35 heavy (non-hydrogen) atoms. The summed E-state index contributed by atoms with van der Waals surface area (Å²) >= 11 is 0. The van der Waals surface area contributed by atoms with Crippen LogP contribution in [0.5, 0.6) is 0 Å². The molecule has 1 aliphatic rings. The molecule has 0 fully saturated rings. The maximum atomic E-state index is 5.47. The van der Waals surface area contributed by atoms with E-state index in [9.17, 15) is 0 Å². The minimum Gasteiger partial charge on any atom is -0.106 e. The first-order valence-corrected chi connectivity index (χ1v) is 10.6. The Kier molecular flexibility index (Phi) is 9.26. The molecule has 0 aliphatic heterocycles. The smallest absolute Gasteiger partial charge is 0.0677 e. The van der Waals surface area contributed by atoms with E-state index < -0.39 is 0 Å². The topological polar surface area (TPSA) is 0 Å². The maximum absolute atomic E-state index is 5.47. The lowest BCUT2D eigenvalue weighted by Crippen LogP contribution is -2.16. The summed E-state index contributed by atoms with van der Waals surface area (Å²) in [5, 5.41) is 0. The Bertz CT molecular complexity index is 1690. The molecule has 1 aromatic carbocycles. The van der Waals surface area contributed by atoms with E-state index in [1.165, 1.54) is 0 Å². The van der Waals surface area contributed by atoms with Crippen molar-refractivity contribution in [2.45, 2.75) is 46.0 Å². The average Bonchev–Trinajstić information content (AvgIpc) is 3.17. The zero-order chi connectivity index (χ0) is 25.7. The van der Waals surface area contributed by atoms with Gasteiger partial charge in [-0.1, -0.05) is 56.3 Å². The fourth-order valence-electron chi connectivity index (χ4n) is 3.32. The zero-order valence-corrected chi connectivity index (χ0v) is 20.4. The number of terminal acetylenes is 2. The van der Waals surface area contributed by atoms with Crippen molar-refractivity contribution in [3.63, 3.8) is 0 Å². The highest BCUT2D eigenvalue weighted by molar-refractivity contribution is 5.89. The Morgan fingerprint density at radius 2 is 1.29 bits per heavy atom. The van der Waals surface area contributed by atoms with Gasteiger partial charge in [-0.05, 0) is 119 Å². The first kappa shape index (κ1) is 25.8. The van der Waals surface area contributed by atoms with Gasteiger partial charge in [-0.25, -0.2) is 0 Å². The number of hydrogen-bond acceptors (Lipinski definition) is 0. The molecule has 0 aromatic heterocycles. The van der Waals surface area contributed by atoms with Gasteiger partial charge in [0.1, 0.15) is 0 Å². The normalized spacial score (nSPS) is 11.3. The molecule has 1 aromatic rings. The molecule has 0 N–H and O–H groups in total. The SMILES string of the molecule is C#CC#CC#CC1C=C(C#CC#CC#CC)c2cc(C(C)(C)C)c(C#CC#C)c(C#CC#CC)c21. The van der Waals surface area contributed by atoms with Crippen molar-refractivity contribution in [3.05, 3.63) is 40.0 Å². The van der Waals surface area contributed by atoms with E-state index in [0.717, 1.165) is 33.4 Å². The molecule has 1 atom stereocenters. The van der Waals surface area contributed by atoms with Gasteiger partial charge in [0, 0.05) is 16.7 Å². The third-order valence-corrected chi connectivity index (χ3v) is 4.68. The molecule has 0 heteroatoms. The number of hydrogen-bond donors (Lipinski definition) is 0. The highest BCUT2D eigenvalue weighted by Gasteiger charge is 2.30. The van der Waals surface area contributed by atoms with Crippen LogP contribution in [0.4, 0.5) is 0 Å². The molecule has 1 unspecified atom stereocenters. The van der Waals surface area contributed by atoms with Gasteiger partial charge in [0.15, 0.2) is 0 Å². The largest absolute Gasteiger partial charge is 0.106 e. The number of rotatable bonds is 0. The van der Waals surface area contributed by atoms with Crippen molar-refractivity contribution in [1.29, 1.82) is 0 Å². The molecule has 2 rings (SSSR count). The van der Waals surface area contributed by atoms with E-state index in [1.54, 1.807) is 13.8 Å². The summed E-state index contributed by atoms with van der Waals surface area (Å²) in [7, 11) is 0. The van der Waals surface area contributed by atoms with E-state index in [2.05, 4.69) is 133 Å². The van der Waals surface area contributed by atoms with Crippen LogP contribution >= 0.6 is 0 Å². The van der Waals surface area contributed by atoms with E-state index in [-0.39, 0.29) is 11.3 Å². The van der Waals surface area contributed by atoms with Crippen LogP contribution in [0, 0.1) is 119 Å². The van der Waals surface area contributed by atoms with E-state index in [4.69, 9.17) is 12.8 Å². The molecule has 0 nitrogen and oxygen atoms in total. The summed E-state index contributed by atoms with van der Waals surface area (Å²) in [6.45, 7) is 9.81. The molecule has 1 aliphatic carbocycles. The van der Waals surface area contributed by atoms with Crippen LogP contribution in [0.3, 0.4) is 0 Å². The lowest BCUT2D eigenvalue weighted by atomic mass is 9.78. The van der Waals surface area contributed by atoms with Crippen LogP contribution in [-0.4, -0.2) is 0 Å². The Morgan fingerprint density at radius 1 is 0.686 bits per heavy atom. The highest BCUT2D eigenvalue weighted by atomic mass is 14.3. The summed E-state index contributed by atoms with van der Waals surface area (Å²) in [6.07, 6.45) is 12.7. The fourth-order valence-corrected chi connectivity index (χ4v) is 3.32. The van der Waals surface area contributed by atoms with Crippen molar-refractivity contribution >= 4 is 5.57 Å². The van der Waals surface area contributed by atoms with Crippen LogP contribution < -0.4 is 0 Å². The molecule has 0 radical (unpaired) electrons. The molecule has 160 valence electrons. The average molecular weight is 441 g/mol. The standard InChI is InChI=1S/C35H20/c1-8-12-16-18-21-22-28-26-29(23-20-17-13-9-2)34-31(25-19-14-10-3)30(24-15-11-4)33(27-32(28)34)35(5,6)7/h2,4,26-27,29H,1,3,5-7H3. The van der Waals surface area contributed by atoms with Crippen molar-refractivity contribution in [2.24, 2.45) is 0 Å². The third kappa shape index (κ3) is 6.77. The molecule has 0 heterocycles. The number of allylic oxidation sites excluding steroid dienone is 2. The van der Waals surface area contributed by atoms with Crippen LogP contribution in [0.2, 0.25) is 0 Å². The molecule has 0 saturated carbocycles. The van der Waals surface area contributed by atoms with Gasteiger partial charge in [-0.15, -0.1) is 12.8 Å². The highest BCUT2D eigenvalue weighted by Crippen LogP contribution is 2.42. The molecule has 0 spiro atoms. The second-order valence-corrected chi connectivity index (χ2v) is 8.00. The quantitative estimate of drug-likeness (QED) is 0.522. The first-order valence-electron chi connectivity index (χ1n) is 10.6. The van der Waals surface area contributed by atoms with Gasteiger partial charge in [0.2, 0.25) is 0 Å². The minimum atomic E-state index is -0.316.